The van der Waals surface area contributed by atoms with E-state index in [0.29, 0.717) is 16.1 Å². The van der Waals surface area contributed by atoms with E-state index >= 15 is 0 Å². The van der Waals surface area contributed by atoms with Crippen LogP contribution < -0.4 is 5.32 Å². The molecule has 3 aromatic rings. The average molecular weight is 493 g/mol. The average Bonchev–Trinajstić information content (AvgIpc) is 2.76. The quantitative estimate of drug-likeness (QED) is 0.446. The second kappa shape index (κ2) is 10.7. The fourth-order valence-corrected chi connectivity index (χ4v) is 4.34. The third kappa shape index (κ3) is 6.64. The van der Waals surface area contributed by atoms with Gasteiger partial charge in [0.2, 0.25) is 15.9 Å². The van der Waals surface area contributed by atoms with Crippen molar-refractivity contribution in [1.82, 2.24) is 4.31 Å². The Labute approximate surface area is 196 Å². The van der Waals surface area contributed by atoms with Crippen molar-refractivity contribution in [3.63, 3.8) is 0 Å². The first-order valence-corrected chi connectivity index (χ1v) is 11.7. The molecule has 0 fully saturated rings. The Hall–Kier alpha value is -2.71. The van der Waals surface area contributed by atoms with Crippen LogP contribution in [0.1, 0.15) is 11.1 Å². The lowest BCUT2D eigenvalue weighted by Gasteiger charge is -2.21. The van der Waals surface area contributed by atoms with Crippen molar-refractivity contribution in [3.8, 4) is 0 Å². The molecule has 0 aliphatic rings. The minimum absolute atomic E-state index is 0.00262. The van der Waals surface area contributed by atoms with Gasteiger partial charge >= 0.3 is 0 Å². The Morgan fingerprint density at radius 3 is 2.34 bits per heavy atom. The molecule has 0 heterocycles. The van der Waals surface area contributed by atoms with E-state index in [-0.39, 0.29) is 17.3 Å². The van der Waals surface area contributed by atoms with Gasteiger partial charge in [-0.05, 0) is 41.5 Å². The van der Waals surface area contributed by atoms with Gasteiger partial charge in [-0.2, -0.15) is 4.31 Å². The number of rotatable bonds is 8. The molecule has 166 valence electrons. The molecule has 9 heteroatoms. The zero-order valence-electron chi connectivity index (χ0n) is 16.7. The van der Waals surface area contributed by atoms with Crippen molar-refractivity contribution in [3.05, 3.63) is 105 Å². The van der Waals surface area contributed by atoms with Crippen LogP contribution in [0.5, 0.6) is 0 Å². The first kappa shape index (κ1) is 23.9. The summed E-state index contributed by atoms with van der Waals surface area (Å²) in [5.41, 5.74) is 1.41. The Bertz CT molecular complexity index is 1230. The van der Waals surface area contributed by atoms with E-state index in [2.05, 4.69) is 5.32 Å². The molecule has 3 aromatic carbocycles. The monoisotopic (exact) mass is 492 g/mol. The molecule has 0 atom stereocenters. The molecule has 0 radical (unpaired) electrons. The van der Waals surface area contributed by atoms with Crippen LogP contribution in [-0.4, -0.2) is 25.2 Å². The van der Waals surface area contributed by atoms with Crippen LogP contribution in [0.15, 0.2) is 78.2 Å². The zero-order valence-corrected chi connectivity index (χ0v) is 19.0. The van der Waals surface area contributed by atoms with Crippen LogP contribution >= 0.6 is 23.2 Å². The zero-order chi connectivity index (χ0) is 23.1. The highest BCUT2D eigenvalue weighted by Gasteiger charge is 2.24. The number of sulfonamides is 1. The SMILES string of the molecule is O=C(CN(Cc1ccccc1Cl)S(=O)(=O)/C=C/c1ccccc1)Nc1ccc(F)cc1Cl. The van der Waals surface area contributed by atoms with Gasteiger partial charge in [0.1, 0.15) is 5.82 Å². The van der Waals surface area contributed by atoms with E-state index < -0.39 is 28.3 Å². The van der Waals surface area contributed by atoms with E-state index in [4.69, 9.17) is 23.2 Å². The molecule has 0 aliphatic carbocycles. The summed E-state index contributed by atoms with van der Waals surface area (Å²) >= 11 is 12.2. The van der Waals surface area contributed by atoms with Gasteiger partial charge < -0.3 is 5.32 Å². The first-order valence-electron chi connectivity index (χ1n) is 9.46. The molecule has 0 saturated carbocycles. The third-order valence-electron chi connectivity index (χ3n) is 4.42. The van der Waals surface area contributed by atoms with E-state index in [1.165, 1.54) is 12.1 Å². The summed E-state index contributed by atoms with van der Waals surface area (Å²) in [4.78, 5) is 12.6. The largest absolute Gasteiger partial charge is 0.324 e. The van der Waals surface area contributed by atoms with Gasteiger partial charge in [-0.15, -0.1) is 0 Å². The molecule has 0 saturated heterocycles. The second-order valence-electron chi connectivity index (χ2n) is 6.79. The molecule has 0 bridgehead atoms. The van der Waals surface area contributed by atoms with Crippen molar-refractivity contribution < 1.29 is 17.6 Å². The van der Waals surface area contributed by atoms with E-state index in [1.807, 2.05) is 6.07 Å². The lowest BCUT2D eigenvalue weighted by atomic mass is 10.2. The Balaban J connectivity index is 1.85. The van der Waals surface area contributed by atoms with Gasteiger partial charge in [0.15, 0.2) is 0 Å². The molecule has 3 rings (SSSR count). The number of amides is 1. The van der Waals surface area contributed by atoms with Gasteiger partial charge in [0, 0.05) is 17.0 Å². The number of halogens is 3. The summed E-state index contributed by atoms with van der Waals surface area (Å²) in [6.07, 6.45) is 1.45. The third-order valence-corrected chi connectivity index (χ3v) is 6.56. The predicted molar refractivity (Wildman–Crippen MR) is 126 cm³/mol. The highest BCUT2D eigenvalue weighted by atomic mass is 35.5. The smallest absolute Gasteiger partial charge is 0.239 e. The molecule has 5 nitrogen and oxygen atoms in total. The molecule has 0 unspecified atom stereocenters. The highest BCUT2D eigenvalue weighted by molar-refractivity contribution is 7.92. The maximum Gasteiger partial charge on any atom is 0.239 e. The molecule has 0 aliphatic heterocycles. The fraction of sp³-hybridized carbons (Fsp3) is 0.0870. The Morgan fingerprint density at radius 1 is 0.969 bits per heavy atom. The van der Waals surface area contributed by atoms with Gasteiger partial charge in [-0.1, -0.05) is 71.7 Å². The van der Waals surface area contributed by atoms with Crippen LogP contribution in [0.25, 0.3) is 6.08 Å². The van der Waals surface area contributed by atoms with E-state index in [1.54, 1.807) is 48.5 Å². The minimum Gasteiger partial charge on any atom is -0.324 e. The standard InChI is InChI=1S/C23H19Cl2FN2O3S/c24-20-9-5-4-8-18(20)15-28(32(30,31)13-12-17-6-2-1-3-7-17)16-23(29)27-22-11-10-19(26)14-21(22)25/h1-14H,15-16H2,(H,27,29)/b13-12+. The highest BCUT2D eigenvalue weighted by Crippen LogP contribution is 2.23. The van der Waals surface area contributed by atoms with Crippen molar-refractivity contribution in [2.24, 2.45) is 0 Å². The lowest BCUT2D eigenvalue weighted by molar-refractivity contribution is -0.116. The summed E-state index contributed by atoms with van der Waals surface area (Å²) in [7, 11) is -4.00. The van der Waals surface area contributed by atoms with Crippen molar-refractivity contribution in [2.45, 2.75) is 6.54 Å². The maximum atomic E-state index is 13.3. The summed E-state index contributed by atoms with van der Waals surface area (Å²) in [6.45, 7) is -0.619. The normalized spacial score (nSPS) is 11.8. The van der Waals surface area contributed by atoms with Crippen LogP contribution in [0, 0.1) is 5.82 Å². The first-order chi connectivity index (χ1) is 15.2. The fourth-order valence-electron chi connectivity index (χ4n) is 2.81. The Morgan fingerprint density at radius 2 is 1.66 bits per heavy atom. The number of carbonyl (C=O) groups is 1. The molecular formula is C23H19Cl2FN2O3S. The molecule has 1 N–H and O–H groups in total. The van der Waals surface area contributed by atoms with Crippen molar-refractivity contribution in [1.29, 1.82) is 0 Å². The van der Waals surface area contributed by atoms with Crippen molar-refractivity contribution >= 4 is 50.9 Å². The van der Waals surface area contributed by atoms with E-state index in [0.717, 1.165) is 21.8 Å². The summed E-state index contributed by atoms with van der Waals surface area (Å²) in [5, 5.41) is 3.93. The summed E-state index contributed by atoms with van der Waals surface area (Å²) < 4.78 is 40.4. The minimum atomic E-state index is -4.00. The number of benzene rings is 3. The Kier molecular flexibility index (Phi) is 8.04. The molecular weight excluding hydrogens is 474 g/mol. The number of carbonyl (C=O) groups excluding carboxylic acids is 1. The maximum absolute atomic E-state index is 13.3. The summed E-state index contributed by atoms with van der Waals surface area (Å²) in [5.74, 6) is -1.19. The molecule has 1 amide bonds. The summed E-state index contributed by atoms with van der Waals surface area (Å²) in [6, 6.07) is 19.2. The van der Waals surface area contributed by atoms with Crippen LogP contribution in [-0.2, 0) is 21.4 Å². The topological polar surface area (TPSA) is 66.5 Å². The molecule has 0 spiro atoms. The van der Waals surface area contributed by atoms with E-state index in [9.17, 15) is 17.6 Å². The second-order valence-corrected chi connectivity index (χ2v) is 9.42. The van der Waals surface area contributed by atoms with Gasteiger partial charge in [0.25, 0.3) is 0 Å². The van der Waals surface area contributed by atoms with Gasteiger partial charge in [-0.25, -0.2) is 12.8 Å². The number of hydrogen-bond acceptors (Lipinski definition) is 3. The van der Waals surface area contributed by atoms with Gasteiger partial charge in [-0.3, -0.25) is 4.79 Å². The van der Waals surface area contributed by atoms with Gasteiger partial charge in [0.05, 0.1) is 17.3 Å². The van der Waals surface area contributed by atoms with Crippen LogP contribution in [0.3, 0.4) is 0 Å². The van der Waals surface area contributed by atoms with Crippen molar-refractivity contribution in [2.75, 3.05) is 11.9 Å². The molecule has 32 heavy (non-hydrogen) atoms. The van der Waals surface area contributed by atoms with Crippen LogP contribution in [0.2, 0.25) is 10.0 Å². The number of nitrogens with one attached hydrogen (secondary N) is 1. The molecule has 0 aromatic heterocycles. The lowest BCUT2D eigenvalue weighted by Crippen LogP contribution is -2.36. The number of nitrogens with zero attached hydrogens (tertiary/aromatic N) is 1. The predicted octanol–water partition coefficient (Wildman–Crippen LogP) is 5.57. The number of anilines is 1. The number of hydrogen-bond donors (Lipinski definition) is 1. The van der Waals surface area contributed by atoms with Crippen LogP contribution in [0.4, 0.5) is 10.1 Å².